The summed E-state index contributed by atoms with van der Waals surface area (Å²) < 4.78 is 5.54. The van der Waals surface area contributed by atoms with Crippen LogP contribution >= 0.6 is 11.6 Å². The van der Waals surface area contributed by atoms with Crippen molar-refractivity contribution in [3.8, 4) is 5.75 Å². The molecule has 88 valence electrons. The largest absolute Gasteiger partial charge is 0.494 e. The van der Waals surface area contributed by atoms with Crippen molar-refractivity contribution in [1.29, 1.82) is 0 Å². The van der Waals surface area contributed by atoms with E-state index in [4.69, 9.17) is 16.3 Å². The average Bonchev–Trinajstić information content (AvgIpc) is 2.24. The Kier molecular flexibility index (Phi) is 5.33. The molecule has 0 radical (unpaired) electrons. The second-order valence-corrected chi connectivity index (χ2v) is 4.46. The summed E-state index contributed by atoms with van der Waals surface area (Å²) >= 11 is 5.23. The van der Waals surface area contributed by atoms with Crippen LogP contribution in [0, 0.1) is 0 Å². The fourth-order valence-corrected chi connectivity index (χ4v) is 1.50. The third-order valence-corrected chi connectivity index (χ3v) is 2.50. The maximum Gasteiger partial charge on any atom is 0.221 e. The second-order valence-electron chi connectivity index (χ2n) is 4.03. The molecule has 3 heteroatoms. The SMILES string of the molecule is CC(C)c1cccc(OCCCC(=O)Cl)c1. The normalized spacial score (nSPS) is 10.5. The van der Waals surface area contributed by atoms with Crippen LogP contribution in [-0.2, 0) is 4.79 Å². The van der Waals surface area contributed by atoms with Crippen molar-refractivity contribution in [2.24, 2.45) is 0 Å². The van der Waals surface area contributed by atoms with Crippen LogP contribution in [0.15, 0.2) is 24.3 Å². The van der Waals surface area contributed by atoms with Crippen molar-refractivity contribution < 1.29 is 9.53 Å². The van der Waals surface area contributed by atoms with Gasteiger partial charge in [0, 0.05) is 6.42 Å². The van der Waals surface area contributed by atoms with Crippen molar-refractivity contribution in [3.63, 3.8) is 0 Å². The third kappa shape index (κ3) is 4.67. The second kappa shape index (κ2) is 6.54. The molecule has 16 heavy (non-hydrogen) atoms. The minimum Gasteiger partial charge on any atom is -0.494 e. The predicted octanol–water partition coefficient (Wildman–Crippen LogP) is 3.73. The van der Waals surface area contributed by atoms with E-state index in [1.165, 1.54) is 5.56 Å². The van der Waals surface area contributed by atoms with Gasteiger partial charge in [0.15, 0.2) is 0 Å². The number of hydrogen-bond acceptors (Lipinski definition) is 2. The molecular formula is C13H17ClO2. The van der Waals surface area contributed by atoms with Gasteiger partial charge in [0.1, 0.15) is 5.75 Å². The molecule has 0 saturated heterocycles. The van der Waals surface area contributed by atoms with Gasteiger partial charge in [0.05, 0.1) is 6.61 Å². The lowest BCUT2D eigenvalue weighted by molar-refractivity contribution is -0.111. The van der Waals surface area contributed by atoms with Gasteiger partial charge in [-0.1, -0.05) is 26.0 Å². The minimum absolute atomic E-state index is 0.306. The van der Waals surface area contributed by atoms with Gasteiger partial charge >= 0.3 is 0 Å². The summed E-state index contributed by atoms with van der Waals surface area (Å²) in [6.45, 7) is 4.82. The van der Waals surface area contributed by atoms with Crippen molar-refractivity contribution in [1.82, 2.24) is 0 Å². The molecule has 0 unspecified atom stereocenters. The molecule has 0 N–H and O–H groups in total. The number of benzene rings is 1. The average molecular weight is 241 g/mol. The van der Waals surface area contributed by atoms with E-state index in [0.29, 0.717) is 25.4 Å². The Hall–Kier alpha value is -1.02. The molecule has 0 amide bonds. The molecule has 0 atom stereocenters. The van der Waals surface area contributed by atoms with Gasteiger partial charge in [-0.3, -0.25) is 4.79 Å². The first kappa shape index (κ1) is 13.0. The molecule has 0 spiro atoms. The van der Waals surface area contributed by atoms with Gasteiger partial charge in [-0.25, -0.2) is 0 Å². The molecule has 0 heterocycles. The number of ether oxygens (including phenoxy) is 1. The van der Waals surface area contributed by atoms with Gasteiger partial charge in [0.25, 0.3) is 0 Å². The quantitative estimate of drug-likeness (QED) is 0.559. The molecular weight excluding hydrogens is 224 g/mol. The summed E-state index contributed by atoms with van der Waals surface area (Å²) in [5.41, 5.74) is 1.26. The Morgan fingerprint density at radius 2 is 2.19 bits per heavy atom. The molecule has 0 aliphatic carbocycles. The standard InChI is InChI=1S/C13H17ClO2/c1-10(2)11-5-3-6-12(9-11)16-8-4-7-13(14)15/h3,5-6,9-10H,4,7-8H2,1-2H3. The molecule has 2 nitrogen and oxygen atoms in total. The lowest BCUT2D eigenvalue weighted by atomic mass is 10.0. The smallest absolute Gasteiger partial charge is 0.221 e. The van der Waals surface area contributed by atoms with E-state index in [1.54, 1.807) is 0 Å². The Balaban J connectivity index is 2.42. The number of halogens is 1. The van der Waals surface area contributed by atoms with Crippen LogP contribution in [0.2, 0.25) is 0 Å². The van der Waals surface area contributed by atoms with Gasteiger partial charge in [0.2, 0.25) is 5.24 Å². The maximum atomic E-state index is 10.5. The summed E-state index contributed by atoms with van der Waals surface area (Å²) in [5.74, 6) is 1.35. The Labute approximate surface area is 102 Å². The molecule has 0 aliphatic rings. The molecule has 1 aromatic carbocycles. The van der Waals surface area contributed by atoms with Crippen LogP contribution < -0.4 is 4.74 Å². The van der Waals surface area contributed by atoms with Crippen molar-refractivity contribution in [2.45, 2.75) is 32.6 Å². The fourth-order valence-electron chi connectivity index (χ4n) is 1.36. The number of carbonyl (C=O) groups is 1. The van der Waals surface area contributed by atoms with Crippen LogP contribution in [0.1, 0.15) is 38.2 Å². The van der Waals surface area contributed by atoms with E-state index in [1.807, 2.05) is 18.2 Å². The van der Waals surface area contributed by atoms with E-state index in [9.17, 15) is 4.79 Å². The monoisotopic (exact) mass is 240 g/mol. The Bertz CT molecular complexity index is 348. The van der Waals surface area contributed by atoms with E-state index < -0.39 is 0 Å². The van der Waals surface area contributed by atoms with E-state index >= 15 is 0 Å². The summed E-state index contributed by atoms with van der Waals surface area (Å²) in [4.78, 5) is 10.5. The molecule has 1 aromatic rings. The van der Waals surface area contributed by atoms with Crippen LogP contribution in [0.5, 0.6) is 5.75 Å². The molecule has 0 aliphatic heterocycles. The predicted molar refractivity (Wildman–Crippen MR) is 66.1 cm³/mol. The van der Waals surface area contributed by atoms with E-state index in [-0.39, 0.29) is 5.24 Å². The minimum atomic E-state index is -0.306. The van der Waals surface area contributed by atoms with E-state index in [0.717, 1.165) is 5.75 Å². The number of carbonyl (C=O) groups excluding carboxylic acids is 1. The third-order valence-electron chi connectivity index (χ3n) is 2.31. The Morgan fingerprint density at radius 3 is 2.81 bits per heavy atom. The van der Waals surface area contributed by atoms with Gasteiger partial charge in [-0.2, -0.15) is 0 Å². The van der Waals surface area contributed by atoms with Crippen LogP contribution in [-0.4, -0.2) is 11.8 Å². The zero-order valence-corrected chi connectivity index (χ0v) is 10.5. The highest BCUT2D eigenvalue weighted by Crippen LogP contribution is 2.20. The zero-order chi connectivity index (χ0) is 12.0. The summed E-state index contributed by atoms with van der Waals surface area (Å²) in [5, 5.41) is -0.306. The highest BCUT2D eigenvalue weighted by Gasteiger charge is 2.01. The number of rotatable bonds is 6. The molecule has 0 bridgehead atoms. The summed E-state index contributed by atoms with van der Waals surface area (Å²) in [6.07, 6.45) is 1.03. The summed E-state index contributed by atoms with van der Waals surface area (Å²) in [7, 11) is 0. The highest BCUT2D eigenvalue weighted by molar-refractivity contribution is 6.63. The van der Waals surface area contributed by atoms with Gasteiger partial charge in [-0.15, -0.1) is 0 Å². The van der Waals surface area contributed by atoms with Crippen molar-refractivity contribution in [2.75, 3.05) is 6.61 Å². The molecule has 1 rings (SSSR count). The van der Waals surface area contributed by atoms with Crippen LogP contribution in [0.4, 0.5) is 0 Å². The molecule has 0 saturated carbocycles. The summed E-state index contributed by atoms with van der Waals surface area (Å²) in [6, 6.07) is 8.03. The van der Waals surface area contributed by atoms with Gasteiger partial charge in [-0.05, 0) is 41.6 Å². The van der Waals surface area contributed by atoms with Gasteiger partial charge < -0.3 is 4.74 Å². The van der Waals surface area contributed by atoms with Crippen LogP contribution in [0.3, 0.4) is 0 Å². The lowest BCUT2D eigenvalue weighted by Gasteiger charge is -2.09. The molecule has 0 aromatic heterocycles. The van der Waals surface area contributed by atoms with Crippen molar-refractivity contribution >= 4 is 16.8 Å². The number of hydrogen-bond donors (Lipinski definition) is 0. The first-order valence-electron chi connectivity index (χ1n) is 5.50. The maximum absolute atomic E-state index is 10.5. The topological polar surface area (TPSA) is 26.3 Å². The first-order chi connectivity index (χ1) is 7.59. The van der Waals surface area contributed by atoms with Crippen LogP contribution in [0.25, 0.3) is 0 Å². The van der Waals surface area contributed by atoms with Crippen molar-refractivity contribution in [3.05, 3.63) is 29.8 Å². The lowest BCUT2D eigenvalue weighted by Crippen LogP contribution is -2.00. The Morgan fingerprint density at radius 1 is 1.44 bits per heavy atom. The fraction of sp³-hybridized carbons (Fsp3) is 0.462. The molecule has 0 fully saturated rings. The highest BCUT2D eigenvalue weighted by atomic mass is 35.5. The van der Waals surface area contributed by atoms with E-state index in [2.05, 4.69) is 19.9 Å². The first-order valence-corrected chi connectivity index (χ1v) is 5.88. The zero-order valence-electron chi connectivity index (χ0n) is 9.70.